The molecule has 0 bridgehead atoms. The minimum Gasteiger partial charge on any atom is -0.398 e. The van der Waals surface area contributed by atoms with Crippen LogP contribution in [0.4, 0.5) is 5.69 Å². The largest absolute Gasteiger partial charge is 0.398 e. The van der Waals surface area contributed by atoms with E-state index in [4.69, 9.17) is 17.3 Å². The summed E-state index contributed by atoms with van der Waals surface area (Å²) >= 11 is 9.53. The molecule has 0 aliphatic carbocycles. The summed E-state index contributed by atoms with van der Waals surface area (Å²) in [4.78, 5) is 0. The van der Waals surface area contributed by atoms with Crippen molar-refractivity contribution in [1.29, 1.82) is 0 Å². The molecule has 1 aromatic carbocycles. The van der Waals surface area contributed by atoms with E-state index in [0.29, 0.717) is 0 Å². The predicted molar refractivity (Wildman–Crippen MR) is 66.5 cm³/mol. The van der Waals surface area contributed by atoms with E-state index < -0.39 is 8.07 Å². The molecule has 0 aromatic heterocycles. The lowest BCUT2D eigenvalue weighted by Gasteiger charge is -2.21. The van der Waals surface area contributed by atoms with Crippen molar-refractivity contribution >= 4 is 46.5 Å². The van der Waals surface area contributed by atoms with Gasteiger partial charge in [-0.25, -0.2) is 0 Å². The Morgan fingerprint density at radius 2 is 1.85 bits per heavy atom. The van der Waals surface area contributed by atoms with Crippen LogP contribution in [0.25, 0.3) is 0 Å². The smallest absolute Gasteiger partial charge is 0.0823 e. The molecule has 1 rings (SSSR count). The normalized spacial score (nSPS) is 11.8. The Labute approximate surface area is 93.4 Å². The fourth-order valence-corrected chi connectivity index (χ4v) is 4.60. The molecule has 2 N–H and O–H groups in total. The van der Waals surface area contributed by atoms with E-state index in [1.54, 1.807) is 0 Å². The standard InChI is InChI=1S/C9H13BrClNSi/c1-13(2,3)9-7(11)5-4-6(10)8(9)12/h4-5H,12H2,1-3H3. The zero-order valence-corrected chi connectivity index (χ0v) is 11.3. The van der Waals surface area contributed by atoms with Crippen molar-refractivity contribution in [2.45, 2.75) is 19.6 Å². The maximum atomic E-state index is 6.12. The number of benzene rings is 1. The molecule has 72 valence electrons. The van der Waals surface area contributed by atoms with Gasteiger partial charge in [0.2, 0.25) is 0 Å². The predicted octanol–water partition coefficient (Wildman–Crippen LogP) is 3.23. The molecule has 0 spiro atoms. The maximum Gasteiger partial charge on any atom is 0.0823 e. The molecule has 0 aliphatic heterocycles. The lowest BCUT2D eigenvalue weighted by molar-refractivity contribution is 1.62. The van der Waals surface area contributed by atoms with Gasteiger partial charge in [0, 0.05) is 15.2 Å². The molecule has 0 unspecified atom stereocenters. The number of anilines is 1. The Bertz CT molecular complexity index is 333. The van der Waals surface area contributed by atoms with Gasteiger partial charge >= 0.3 is 0 Å². The second kappa shape index (κ2) is 3.63. The van der Waals surface area contributed by atoms with E-state index in [-0.39, 0.29) is 0 Å². The van der Waals surface area contributed by atoms with Crippen LogP contribution in [0, 0.1) is 0 Å². The van der Waals surface area contributed by atoms with Crippen LogP contribution in [0.15, 0.2) is 16.6 Å². The highest BCUT2D eigenvalue weighted by molar-refractivity contribution is 9.10. The quantitative estimate of drug-likeness (QED) is 0.619. The number of hydrogen-bond donors (Lipinski definition) is 1. The Hall–Kier alpha value is 0.00688. The molecule has 0 atom stereocenters. The lowest BCUT2D eigenvalue weighted by atomic mass is 10.3. The molecule has 13 heavy (non-hydrogen) atoms. The van der Waals surface area contributed by atoms with Gasteiger partial charge in [-0.05, 0) is 33.2 Å². The molecule has 1 nitrogen and oxygen atoms in total. The minimum absolute atomic E-state index is 0.792. The SMILES string of the molecule is C[Si](C)(C)c1c(Cl)ccc(Br)c1N. The number of nitrogen functional groups attached to an aromatic ring is 1. The first-order valence-electron chi connectivity index (χ1n) is 4.08. The molecule has 0 amide bonds. The van der Waals surface area contributed by atoms with Gasteiger partial charge in [0.25, 0.3) is 0 Å². The number of halogens is 2. The first-order valence-corrected chi connectivity index (χ1v) is 8.75. The molecule has 0 heterocycles. The summed E-state index contributed by atoms with van der Waals surface area (Å²) in [6.07, 6.45) is 0. The second-order valence-electron chi connectivity index (χ2n) is 4.07. The summed E-state index contributed by atoms with van der Waals surface area (Å²) in [6, 6.07) is 3.79. The van der Waals surface area contributed by atoms with Gasteiger partial charge in [-0.1, -0.05) is 31.2 Å². The lowest BCUT2D eigenvalue weighted by Crippen LogP contribution is -2.40. The Morgan fingerprint density at radius 1 is 1.31 bits per heavy atom. The fourth-order valence-electron chi connectivity index (χ4n) is 1.33. The summed E-state index contributed by atoms with van der Waals surface area (Å²) < 4.78 is 0.939. The van der Waals surface area contributed by atoms with Crippen molar-refractivity contribution in [3.8, 4) is 0 Å². The van der Waals surface area contributed by atoms with Crippen LogP contribution in [-0.4, -0.2) is 8.07 Å². The average Bonchev–Trinajstić information content (AvgIpc) is 1.95. The van der Waals surface area contributed by atoms with Crippen molar-refractivity contribution in [1.82, 2.24) is 0 Å². The highest BCUT2D eigenvalue weighted by Gasteiger charge is 2.23. The van der Waals surface area contributed by atoms with Crippen LogP contribution in [0.1, 0.15) is 0 Å². The Kier molecular flexibility index (Phi) is 3.10. The highest BCUT2D eigenvalue weighted by Crippen LogP contribution is 2.24. The maximum absolute atomic E-state index is 6.12. The van der Waals surface area contributed by atoms with Crippen molar-refractivity contribution in [3.63, 3.8) is 0 Å². The van der Waals surface area contributed by atoms with Gasteiger partial charge in [0.05, 0.1) is 8.07 Å². The van der Waals surface area contributed by atoms with Gasteiger partial charge in [0.15, 0.2) is 0 Å². The molecule has 0 fully saturated rings. The summed E-state index contributed by atoms with van der Waals surface area (Å²) in [5.74, 6) is 0. The molecule has 0 radical (unpaired) electrons. The molecule has 4 heteroatoms. The van der Waals surface area contributed by atoms with Crippen molar-refractivity contribution < 1.29 is 0 Å². The first-order chi connectivity index (χ1) is 5.84. The first kappa shape index (κ1) is 11.1. The highest BCUT2D eigenvalue weighted by atomic mass is 79.9. The minimum atomic E-state index is -1.44. The van der Waals surface area contributed by atoms with Crippen LogP contribution in [0.2, 0.25) is 24.7 Å². The summed E-state index contributed by atoms with van der Waals surface area (Å²) in [7, 11) is -1.44. The van der Waals surface area contributed by atoms with Crippen LogP contribution in [0.3, 0.4) is 0 Å². The molecular weight excluding hydrogens is 266 g/mol. The monoisotopic (exact) mass is 277 g/mol. The second-order valence-corrected chi connectivity index (χ2v) is 10.3. The van der Waals surface area contributed by atoms with Crippen molar-refractivity contribution in [2.24, 2.45) is 0 Å². The van der Waals surface area contributed by atoms with Gasteiger partial charge in [-0.2, -0.15) is 0 Å². The van der Waals surface area contributed by atoms with Crippen LogP contribution < -0.4 is 10.9 Å². The molecule has 0 saturated carbocycles. The number of hydrogen-bond acceptors (Lipinski definition) is 1. The topological polar surface area (TPSA) is 26.0 Å². The molecule has 0 saturated heterocycles. The number of rotatable bonds is 1. The van der Waals surface area contributed by atoms with Crippen molar-refractivity contribution in [3.05, 3.63) is 21.6 Å². The van der Waals surface area contributed by atoms with E-state index in [2.05, 4.69) is 35.6 Å². The van der Waals surface area contributed by atoms with Crippen LogP contribution >= 0.6 is 27.5 Å². The van der Waals surface area contributed by atoms with E-state index in [9.17, 15) is 0 Å². The van der Waals surface area contributed by atoms with Gasteiger partial charge in [-0.15, -0.1) is 0 Å². The number of nitrogens with two attached hydrogens (primary N) is 1. The third-order valence-electron chi connectivity index (χ3n) is 1.89. The van der Waals surface area contributed by atoms with Crippen molar-refractivity contribution in [2.75, 3.05) is 5.73 Å². The summed E-state index contributed by atoms with van der Waals surface area (Å²) in [5, 5.41) is 1.93. The third-order valence-corrected chi connectivity index (χ3v) is 5.10. The zero-order valence-electron chi connectivity index (χ0n) is 7.99. The summed E-state index contributed by atoms with van der Waals surface area (Å²) in [6.45, 7) is 6.70. The van der Waals surface area contributed by atoms with Crippen LogP contribution in [0.5, 0.6) is 0 Å². The zero-order chi connectivity index (χ0) is 10.2. The Morgan fingerprint density at radius 3 is 2.23 bits per heavy atom. The van der Waals surface area contributed by atoms with E-state index in [0.717, 1.165) is 20.4 Å². The third kappa shape index (κ3) is 2.27. The fraction of sp³-hybridized carbons (Fsp3) is 0.333. The average molecular weight is 279 g/mol. The van der Waals surface area contributed by atoms with E-state index >= 15 is 0 Å². The van der Waals surface area contributed by atoms with Gasteiger partial charge in [-0.3, -0.25) is 0 Å². The van der Waals surface area contributed by atoms with Gasteiger partial charge < -0.3 is 5.73 Å². The summed E-state index contributed by atoms with van der Waals surface area (Å²) in [5.41, 5.74) is 6.77. The van der Waals surface area contributed by atoms with E-state index in [1.165, 1.54) is 0 Å². The molecule has 1 aromatic rings. The molecule has 0 aliphatic rings. The molecular formula is C9H13BrClNSi. The van der Waals surface area contributed by atoms with Crippen LogP contribution in [-0.2, 0) is 0 Å². The van der Waals surface area contributed by atoms with E-state index in [1.807, 2.05) is 12.1 Å². The Balaban J connectivity index is 3.43. The van der Waals surface area contributed by atoms with Gasteiger partial charge in [0.1, 0.15) is 0 Å².